The van der Waals surface area contributed by atoms with Gasteiger partial charge in [0, 0.05) is 13.6 Å². The molecule has 0 aliphatic heterocycles. The van der Waals surface area contributed by atoms with Crippen molar-refractivity contribution in [2.75, 3.05) is 13.6 Å². The van der Waals surface area contributed by atoms with Crippen molar-refractivity contribution >= 4 is 18.0 Å². The second kappa shape index (κ2) is 12.3. The van der Waals surface area contributed by atoms with E-state index in [1.807, 2.05) is 30.3 Å². The normalized spacial score (nSPS) is 10.3. The number of carbonyl (C=O) groups is 3. The minimum absolute atomic E-state index is 0.00313. The van der Waals surface area contributed by atoms with Gasteiger partial charge in [0.25, 0.3) is 5.91 Å². The van der Waals surface area contributed by atoms with Crippen molar-refractivity contribution in [2.45, 2.75) is 38.5 Å². The SMILES string of the molecule is CN(CCC(=O)ONC(=O)Cc1ccc(CCCCc2ccccc2)cc1)C(=O)O. The zero-order valence-electron chi connectivity index (χ0n) is 17.2. The van der Waals surface area contributed by atoms with Crippen LogP contribution in [0.4, 0.5) is 4.79 Å². The number of benzene rings is 2. The quantitative estimate of drug-likeness (QED) is 0.461. The van der Waals surface area contributed by atoms with Crippen LogP contribution in [0.25, 0.3) is 0 Å². The fourth-order valence-corrected chi connectivity index (χ4v) is 2.87. The largest absolute Gasteiger partial charge is 0.465 e. The molecule has 0 heterocycles. The third-order valence-electron chi connectivity index (χ3n) is 4.67. The van der Waals surface area contributed by atoms with Gasteiger partial charge in [-0.25, -0.2) is 9.59 Å². The van der Waals surface area contributed by atoms with Gasteiger partial charge in [0.1, 0.15) is 0 Å². The smallest absolute Gasteiger partial charge is 0.407 e. The van der Waals surface area contributed by atoms with Crippen LogP contribution in [0, 0.1) is 0 Å². The van der Waals surface area contributed by atoms with Crippen LogP contribution in [0.2, 0.25) is 0 Å². The number of hydrogen-bond acceptors (Lipinski definition) is 4. The molecule has 7 heteroatoms. The van der Waals surface area contributed by atoms with E-state index < -0.39 is 18.0 Å². The fraction of sp³-hybridized carbons (Fsp3) is 0.348. The summed E-state index contributed by atoms with van der Waals surface area (Å²) in [5, 5.41) is 8.71. The summed E-state index contributed by atoms with van der Waals surface area (Å²) in [7, 11) is 1.35. The van der Waals surface area contributed by atoms with Crippen molar-refractivity contribution in [3.05, 3.63) is 71.3 Å². The minimum Gasteiger partial charge on any atom is -0.465 e. The van der Waals surface area contributed by atoms with Crippen LogP contribution in [-0.2, 0) is 33.7 Å². The van der Waals surface area contributed by atoms with Gasteiger partial charge in [-0.3, -0.25) is 4.79 Å². The first-order chi connectivity index (χ1) is 14.4. The van der Waals surface area contributed by atoms with Crippen LogP contribution in [0.1, 0.15) is 36.0 Å². The third-order valence-corrected chi connectivity index (χ3v) is 4.67. The monoisotopic (exact) mass is 412 g/mol. The Hall–Kier alpha value is -3.35. The summed E-state index contributed by atoms with van der Waals surface area (Å²) in [6, 6.07) is 18.3. The number of nitrogens with one attached hydrogen (secondary N) is 1. The molecule has 0 saturated carbocycles. The van der Waals surface area contributed by atoms with Gasteiger partial charge in [-0.05, 0) is 42.4 Å². The van der Waals surface area contributed by atoms with E-state index in [1.165, 1.54) is 18.2 Å². The zero-order chi connectivity index (χ0) is 21.8. The Bertz CT molecular complexity index is 821. The molecule has 30 heavy (non-hydrogen) atoms. The average Bonchev–Trinajstić information content (AvgIpc) is 2.75. The Kier molecular flexibility index (Phi) is 9.37. The molecular weight excluding hydrogens is 384 g/mol. The van der Waals surface area contributed by atoms with E-state index in [1.54, 1.807) is 0 Å². The van der Waals surface area contributed by atoms with Crippen molar-refractivity contribution in [3.8, 4) is 0 Å². The van der Waals surface area contributed by atoms with Gasteiger partial charge in [-0.1, -0.05) is 54.6 Å². The molecule has 0 radical (unpaired) electrons. The Morgan fingerprint density at radius 3 is 2.07 bits per heavy atom. The number of nitrogens with zero attached hydrogens (tertiary/aromatic N) is 1. The van der Waals surface area contributed by atoms with Gasteiger partial charge in [-0.2, -0.15) is 5.48 Å². The first-order valence-electron chi connectivity index (χ1n) is 9.98. The highest BCUT2D eigenvalue weighted by Gasteiger charge is 2.11. The van der Waals surface area contributed by atoms with Crippen molar-refractivity contribution < 1.29 is 24.3 Å². The molecule has 0 saturated heterocycles. The van der Waals surface area contributed by atoms with Gasteiger partial charge in [0.15, 0.2) is 0 Å². The lowest BCUT2D eigenvalue weighted by Crippen LogP contribution is -2.31. The summed E-state index contributed by atoms with van der Waals surface area (Å²) in [5.74, 6) is -1.13. The fourth-order valence-electron chi connectivity index (χ4n) is 2.87. The van der Waals surface area contributed by atoms with Gasteiger partial charge in [-0.15, -0.1) is 0 Å². The van der Waals surface area contributed by atoms with Crippen molar-refractivity contribution in [1.82, 2.24) is 10.4 Å². The van der Waals surface area contributed by atoms with E-state index >= 15 is 0 Å². The summed E-state index contributed by atoms with van der Waals surface area (Å²) in [6.07, 6.45) is 3.11. The first-order valence-corrected chi connectivity index (χ1v) is 9.98. The number of amides is 2. The number of unbranched alkanes of at least 4 members (excludes halogenated alkanes) is 1. The van der Waals surface area contributed by atoms with E-state index in [2.05, 4.69) is 34.6 Å². The second-order valence-electron chi connectivity index (χ2n) is 7.14. The van der Waals surface area contributed by atoms with Gasteiger partial charge < -0.3 is 14.8 Å². The summed E-state index contributed by atoms with van der Waals surface area (Å²) < 4.78 is 0. The number of hydroxylamine groups is 1. The van der Waals surface area contributed by atoms with Crippen LogP contribution >= 0.6 is 0 Å². The van der Waals surface area contributed by atoms with E-state index in [0.717, 1.165) is 36.1 Å². The molecule has 2 N–H and O–H groups in total. The molecule has 0 bridgehead atoms. The molecule has 2 aromatic carbocycles. The number of aryl methyl sites for hydroxylation is 2. The average molecular weight is 412 g/mol. The number of carboxylic acid groups (broad SMARTS) is 1. The first kappa shape index (κ1) is 22.9. The predicted molar refractivity (Wildman–Crippen MR) is 113 cm³/mol. The van der Waals surface area contributed by atoms with Crippen LogP contribution in [0.15, 0.2) is 54.6 Å². The molecule has 160 valence electrons. The second-order valence-corrected chi connectivity index (χ2v) is 7.14. The van der Waals surface area contributed by atoms with Crippen molar-refractivity contribution in [2.24, 2.45) is 0 Å². The molecule has 0 unspecified atom stereocenters. The van der Waals surface area contributed by atoms with E-state index in [0.29, 0.717) is 0 Å². The van der Waals surface area contributed by atoms with Gasteiger partial charge in [0.2, 0.25) is 0 Å². The van der Waals surface area contributed by atoms with E-state index in [4.69, 9.17) is 5.11 Å². The standard InChI is InChI=1S/C23H28N2O5/c1-25(23(28)29)16-15-22(27)30-24-21(26)17-20-13-11-19(12-14-20)10-6-5-9-18-7-3-2-4-8-18/h2-4,7-8,11-14H,5-6,9-10,15-17H2,1H3,(H,24,26)(H,28,29). The Balaban J connectivity index is 1.64. The Morgan fingerprint density at radius 2 is 1.47 bits per heavy atom. The number of hydrogen-bond donors (Lipinski definition) is 2. The third kappa shape index (κ3) is 8.77. The van der Waals surface area contributed by atoms with Crippen LogP contribution in [-0.4, -0.2) is 41.6 Å². The molecule has 7 nitrogen and oxygen atoms in total. The van der Waals surface area contributed by atoms with Crippen LogP contribution in [0.5, 0.6) is 0 Å². The molecule has 0 fully saturated rings. The molecule has 0 spiro atoms. The summed E-state index contributed by atoms with van der Waals surface area (Å²) in [4.78, 5) is 39.7. The lowest BCUT2D eigenvalue weighted by Gasteiger charge is -2.12. The van der Waals surface area contributed by atoms with Gasteiger partial charge in [0.05, 0.1) is 12.8 Å². The molecular formula is C23H28N2O5. The highest BCUT2D eigenvalue weighted by atomic mass is 16.7. The summed E-state index contributed by atoms with van der Waals surface area (Å²) in [6.45, 7) is -0.00313. The molecule has 0 aromatic heterocycles. The maximum Gasteiger partial charge on any atom is 0.407 e. The lowest BCUT2D eigenvalue weighted by molar-refractivity contribution is -0.158. The zero-order valence-corrected chi connectivity index (χ0v) is 17.2. The molecule has 2 rings (SSSR count). The van der Waals surface area contributed by atoms with Crippen LogP contribution in [0.3, 0.4) is 0 Å². The van der Waals surface area contributed by atoms with Gasteiger partial charge >= 0.3 is 12.1 Å². The highest BCUT2D eigenvalue weighted by Crippen LogP contribution is 2.11. The van der Waals surface area contributed by atoms with Crippen LogP contribution < -0.4 is 5.48 Å². The number of rotatable bonds is 10. The van der Waals surface area contributed by atoms with Crippen molar-refractivity contribution in [3.63, 3.8) is 0 Å². The Labute approximate surface area is 176 Å². The lowest BCUT2D eigenvalue weighted by atomic mass is 10.0. The maximum absolute atomic E-state index is 11.9. The topological polar surface area (TPSA) is 95.9 Å². The molecule has 0 aliphatic rings. The predicted octanol–water partition coefficient (Wildman–Crippen LogP) is 3.37. The molecule has 2 amide bonds. The molecule has 0 atom stereocenters. The highest BCUT2D eigenvalue weighted by molar-refractivity contribution is 5.80. The minimum atomic E-state index is -1.13. The number of carbonyl (C=O) groups excluding carboxylic acids is 2. The van der Waals surface area contributed by atoms with Crippen molar-refractivity contribution in [1.29, 1.82) is 0 Å². The maximum atomic E-state index is 11.9. The van der Waals surface area contributed by atoms with E-state index in [9.17, 15) is 14.4 Å². The van der Waals surface area contributed by atoms with E-state index in [-0.39, 0.29) is 19.4 Å². The summed E-state index contributed by atoms with van der Waals surface area (Å²) in [5.41, 5.74) is 5.50. The Morgan fingerprint density at radius 1 is 0.900 bits per heavy atom. The summed E-state index contributed by atoms with van der Waals surface area (Å²) >= 11 is 0. The molecule has 0 aliphatic carbocycles. The molecule has 2 aromatic rings.